The zero-order chi connectivity index (χ0) is 11.7. The van der Waals surface area contributed by atoms with Crippen LogP contribution in [0.2, 0.25) is 0 Å². The smallest absolute Gasteiger partial charge is 0.298 e. The SMILES string of the molecule is O=COc1cccc2ccc3nnnc-3cc12. The Morgan fingerprint density at radius 1 is 1.06 bits per heavy atom. The third-order valence-electron chi connectivity index (χ3n) is 2.54. The van der Waals surface area contributed by atoms with Crippen molar-refractivity contribution in [2.45, 2.75) is 0 Å². The molecule has 0 radical (unpaired) electrons. The van der Waals surface area contributed by atoms with Gasteiger partial charge in [0.25, 0.3) is 6.47 Å². The van der Waals surface area contributed by atoms with Crippen molar-refractivity contribution in [2.75, 3.05) is 0 Å². The number of carbonyl (C=O) groups is 1. The van der Waals surface area contributed by atoms with Gasteiger partial charge in [-0.3, -0.25) is 4.79 Å². The molecule has 0 fully saturated rings. The minimum Gasteiger partial charge on any atom is -0.428 e. The molecule has 1 heterocycles. The quantitative estimate of drug-likeness (QED) is 0.620. The number of hydrogen-bond acceptors (Lipinski definition) is 5. The maximum absolute atomic E-state index is 10.4. The molecule has 5 nitrogen and oxygen atoms in total. The summed E-state index contributed by atoms with van der Waals surface area (Å²) in [6.45, 7) is 0.411. The van der Waals surface area contributed by atoms with Crippen LogP contribution in [-0.4, -0.2) is 21.9 Å². The van der Waals surface area contributed by atoms with Crippen molar-refractivity contribution in [1.82, 2.24) is 15.4 Å². The van der Waals surface area contributed by atoms with Crippen LogP contribution in [0.3, 0.4) is 0 Å². The average molecular weight is 225 g/mol. The third-order valence-corrected chi connectivity index (χ3v) is 2.54. The summed E-state index contributed by atoms with van der Waals surface area (Å²) in [5, 5.41) is 13.1. The van der Waals surface area contributed by atoms with Gasteiger partial charge in [0.2, 0.25) is 0 Å². The molecule has 1 aromatic rings. The van der Waals surface area contributed by atoms with E-state index in [2.05, 4.69) is 15.4 Å². The van der Waals surface area contributed by atoms with Gasteiger partial charge in [-0.1, -0.05) is 18.2 Å². The van der Waals surface area contributed by atoms with Gasteiger partial charge in [-0.2, -0.15) is 0 Å². The molecule has 0 saturated heterocycles. The van der Waals surface area contributed by atoms with Gasteiger partial charge in [0.1, 0.15) is 17.1 Å². The number of ether oxygens (including phenoxy) is 1. The lowest BCUT2D eigenvalue weighted by atomic mass is 10.1. The van der Waals surface area contributed by atoms with Gasteiger partial charge in [0, 0.05) is 5.39 Å². The Morgan fingerprint density at radius 2 is 1.94 bits per heavy atom. The maximum atomic E-state index is 10.4. The molecule has 0 saturated carbocycles. The van der Waals surface area contributed by atoms with Crippen LogP contribution < -0.4 is 4.74 Å². The first-order chi connectivity index (χ1) is 8.38. The van der Waals surface area contributed by atoms with Crippen molar-refractivity contribution < 1.29 is 9.53 Å². The van der Waals surface area contributed by atoms with E-state index < -0.39 is 0 Å². The minimum absolute atomic E-state index is 0.411. The van der Waals surface area contributed by atoms with Crippen molar-refractivity contribution >= 4 is 17.2 Å². The minimum atomic E-state index is 0.411. The highest BCUT2D eigenvalue weighted by atomic mass is 16.5. The lowest BCUT2D eigenvalue weighted by Crippen LogP contribution is -1.88. The highest BCUT2D eigenvalue weighted by Gasteiger charge is 2.08. The lowest BCUT2D eigenvalue weighted by Gasteiger charge is -2.00. The normalized spacial score (nSPS) is 10.6. The van der Waals surface area contributed by atoms with E-state index in [1.54, 1.807) is 6.07 Å². The largest absolute Gasteiger partial charge is 0.428 e. The Hall–Kier alpha value is -2.56. The van der Waals surface area contributed by atoms with E-state index >= 15 is 0 Å². The Labute approximate surface area is 96.4 Å². The molecule has 1 aliphatic heterocycles. The zero-order valence-electron chi connectivity index (χ0n) is 8.70. The molecule has 5 heteroatoms. The summed E-state index contributed by atoms with van der Waals surface area (Å²) in [6.07, 6.45) is 0. The Morgan fingerprint density at radius 3 is 2.82 bits per heavy atom. The number of benzene rings is 1. The number of fused-ring (bicyclic) bond motifs is 2. The molecule has 2 aliphatic rings. The Kier molecular flexibility index (Phi) is 2.15. The number of hydrogen-bond donors (Lipinski definition) is 0. The third kappa shape index (κ3) is 1.57. The molecule has 0 N–H and O–H groups in total. The molecule has 17 heavy (non-hydrogen) atoms. The predicted molar refractivity (Wildman–Crippen MR) is 60.6 cm³/mol. The second kappa shape index (κ2) is 3.79. The van der Waals surface area contributed by atoms with Gasteiger partial charge in [0.15, 0.2) is 0 Å². The molecule has 3 rings (SSSR count). The highest BCUT2D eigenvalue weighted by molar-refractivity contribution is 5.91. The van der Waals surface area contributed by atoms with Gasteiger partial charge in [-0.15, -0.1) is 10.2 Å². The molecule has 0 atom stereocenters. The Bertz CT molecular complexity index is 669. The molecular formula is C12H7N3O2. The fraction of sp³-hybridized carbons (Fsp3) is 0. The summed E-state index contributed by atoms with van der Waals surface area (Å²) in [5.41, 5.74) is 1.38. The maximum Gasteiger partial charge on any atom is 0.298 e. The van der Waals surface area contributed by atoms with Gasteiger partial charge < -0.3 is 4.74 Å². The molecule has 0 amide bonds. The van der Waals surface area contributed by atoms with Crippen LogP contribution in [0.5, 0.6) is 5.75 Å². The summed E-state index contributed by atoms with van der Waals surface area (Å²) >= 11 is 0. The molecule has 0 bridgehead atoms. The summed E-state index contributed by atoms with van der Waals surface area (Å²) in [5.74, 6) is 0.498. The average Bonchev–Trinajstić information content (AvgIpc) is 2.70. The first-order valence-corrected chi connectivity index (χ1v) is 5.00. The number of nitrogens with zero attached hydrogens (tertiary/aromatic N) is 3. The van der Waals surface area contributed by atoms with Crippen LogP contribution in [0.4, 0.5) is 0 Å². The van der Waals surface area contributed by atoms with E-state index in [4.69, 9.17) is 4.74 Å². The van der Waals surface area contributed by atoms with Crippen LogP contribution in [-0.2, 0) is 4.79 Å². The van der Waals surface area contributed by atoms with Crippen molar-refractivity contribution in [3.05, 3.63) is 36.4 Å². The number of aromatic nitrogens is 3. The Balaban J connectivity index is 2.38. The van der Waals surface area contributed by atoms with Gasteiger partial charge in [-0.05, 0) is 28.8 Å². The molecule has 0 unspecified atom stereocenters. The number of carbonyl (C=O) groups excluding carboxylic acids is 1. The van der Waals surface area contributed by atoms with Gasteiger partial charge >= 0.3 is 0 Å². The molecule has 0 spiro atoms. The standard InChI is InChI=1S/C12H7N3O2/c16-7-17-12-3-1-2-8-4-5-10-11(6-9(8)12)14-15-13-10/h1-7H. The van der Waals surface area contributed by atoms with Crippen molar-refractivity contribution in [3.63, 3.8) is 0 Å². The van der Waals surface area contributed by atoms with Crippen LogP contribution in [0.1, 0.15) is 0 Å². The van der Waals surface area contributed by atoms with Crippen molar-refractivity contribution in [2.24, 2.45) is 0 Å². The molecule has 0 aromatic heterocycles. The van der Waals surface area contributed by atoms with E-state index in [1.165, 1.54) is 0 Å². The van der Waals surface area contributed by atoms with Gasteiger partial charge in [-0.25, -0.2) is 0 Å². The summed E-state index contributed by atoms with van der Waals surface area (Å²) in [4.78, 5) is 10.4. The van der Waals surface area contributed by atoms with Crippen LogP contribution in [0.15, 0.2) is 36.4 Å². The van der Waals surface area contributed by atoms with Gasteiger partial charge in [0.05, 0.1) is 0 Å². The second-order valence-corrected chi connectivity index (χ2v) is 3.51. The predicted octanol–water partition coefficient (Wildman–Crippen LogP) is 1.66. The monoisotopic (exact) mass is 225 g/mol. The lowest BCUT2D eigenvalue weighted by molar-refractivity contribution is -0.120. The van der Waals surface area contributed by atoms with Crippen molar-refractivity contribution in [1.29, 1.82) is 0 Å². The highest BCUT2D eigenvalue weighted by Crippen LogP contribution is 2.28. The first-order valence-electron chi connectivity index (χ1n) is 5.00. The van der Waals surface area contributed by atoms with E-state index in [0.717, 1.165) is 10.8 Å². The van der Waals surface area contributed by atoms with Crippen molar-refractivity contribution in [3.8, 4) is 17.1 Å². The summed E-state index contributed by atoms with van der Waals surface area (Å²) < 4.78 is 4.94. The van der Waals surface area contributed by atoms with Crippen LogP contribution in [0, 0.1) is 0 Å². The first kappa shape index (κ1) is 9.65. The summed E-state index contributed by atoms with van der Waals surface area (Å²) in [7, 11) is 0. The topological polar surface area (TPSA) is 65.0 Å². The van der Waals surface area contributed by atoms with Crippen LogP contribution in [0.25, 0.3) is 22.2 Å². The van der Waals surface area contributed by atoms with Crippen LogP contribution >= 0.6 is 0 Å². The van der Waals surface area contributed by atoms with E-state index in [-0.39, 0.29) is 0 Å². The molecule has 1 aromatic carbocycles. The fourth-order valence-electron chi connectivity index (χ4n) is 1.76. The van der Waals surface area contributed by atoms with E-state index in [0.29, 0.717) is 23.6 Å². The van der Waals surface area contributed by atoms with E-state index in [1.807, 2.05) is 30.3 Å². The molecular weight excluding hydrogens is 218 g/mol. The molecule has 1 aliphatic carbocycles. The fourth-order valence-corrected chi connectivity index (χ4v) is 1.76. The number of rotatable bonds is 2. The molecule has 82 valence electrons. The summed E-state index contributed by atoms with van der Waals surface area (Å²) in [6, 6.07) is 11.0. The zero-order valence-corrected chi connectivity index (χ0v) is 8.70. The second-order valence-electron chi connectivity index (χ2n) is 3.51. The van der Waals surface area contributed by atoms with E-state index in [9.17, 15) is 4.79 Å².